The van der Waals surface area contributed by atoms with Gasteiger partial charge in [0, 0.05) is 12.1 Å². The number of carboxylic acids is 1. The molecule has 27 heavy (non-hydrogen) atoms. The van der Waals surface area contributed by atoms with Gasteiger partial charge >= 0.3 is 5.97 Å². The van der Waals surface area contributed by atoms with Crippen molar-refractivity contribution in [2.24, 2.45) is 0 Å². The standard InChI is InChI=1S/C19H17NO6S/c1-25-17-10-15(19(21)22)16(11-18(17)26-2)20-27(23,24)14-8-7-12-5-3-4-6-13(12)9-14/h3-11,20H,1-2H3,(H,21,22). The third-order valence-corrected chi connectivity index (χ3v) is 5.39. The van der Waals surface area contributed by atoms with E-state index in [0.717, 1.165) is 10.8 Å². The molecule has 3 aromatic rings. The molecule has 0 aliphatic heterocycles. The molecule has 0 spiro atoms. The monoisotopic (exact) mass is 387 g/mol. The first-order chi connectivity index (χ1) is 12.9. The number of carboxylic acid groups (broad SMARTS) is 1. The van der Waals surface area contributed by atoms with E-state index in [9.17, 15) is 18.3 Å². The number of carbonyl (C=O) groups is 1. The summed E-state index contributed by atoms with van der Waals surface area (Å²) in [6.07, 6.45) is 0. The molecule has 0 saturated heterocycles. The fourth-order valence-corrected chi connectivity index (χ4v) is 3.78. The molecule has 0 aliphatic rings. The summed E-state index contributed by atoms with van der Waals surface area (Å²) in [5.74, 6) is -0.908. The highest BCUT2D eigenvalue weighted by Gasteiger charge is 2.22. The molecule has 0 heterocycles. The Morgan fingerprint density at radius 2 is 1.56 bits per heavy atom. The van der Waals surface area contributed by atoms with Gasteiger partial charge < -0.3 is 14.6 Å². The zero-order valence-corrected chi connectivity index (χ0v) is 15.4. The highest BCUT2D eigenvalue weighted by molar-refractivity contribution is 7.92. The molecule has 0 unspecified atom stereocenters. The van der Waals surface area contributed by atoms with Crippen LogP contribution in [0.1, 0.15) is 10.4 Å². The van der Waals surface area contributed by atoms with Gasteiger partial charge in [-0.15, -0.1) is 0 Å². The predicted molar refractivity (Wildman–Crippen MR) is 101 cm³/mol. The van der Waals surface area contributed by atoms with E-state index < -0.39 is 16.0 Å². The van der Waals surface area contributed by atoms with E-state index in [0.29, 0.717) is 0 Å². The molecular weight excluding hydrogens is 370 g/mol. The van der Waals surface area contributed by atoms with E-state index in [1.54, 1.807) is 12.1 Å². The molecule has 0 radical (unpaired) electrons. The molecule has 0 saturated carbocycles. The summed E-state index contributed by atoms with van der Waals surface area (Å²) in [5, 5.41) is 11.1. The molecule has 8 heteroatoms. The average molecular weight is 387 g/mol. The smallest absolute Gasteiger partial charge is 0.337 e. The summed E-state index contributed by atoms with van der Waals surface area (Å²) >= 11 is 0. The van der Waals surface area contributed by atoms with E-state index in [1.165, 1.54) is 38.5 Å². The average Bonchev–Trinajstić information content (AvgIpc) is 2.66. The van der Waals surface area contributed by atoms with E-state index in [2.05, 4.69) is 4.72 Å². The molecule has 0 bridgehead atoms. The van der Waals surface area contributed by atoms with Crippen molar-refractivity contribution in [1.29, 1.82) is 0 Å². The number of fused-ring (bicyclic) bond motifs is 1. The van der Waals surface area contributed by atoms with Gasteiger partial charge in [-0.2, -0.15) is 0 Å². The molecular formula is C19H17NO6S. The second-order valence-electron chi connectivity index (χ2n) is 5.67. The van der Waals surface area contributed by atoms with Gasteiger partial charge in [0.25, 0.3) is 10.0 Å². The summed E-state index contributed by atoms with van der Waals surface area (Å²) in [4.78, 5) is 11.6. The minimum Gasteiger partial charge on any atom is -0.493 e. The summed E-state index contributed by atoms with van der Waals surface area (Å²) in [6, 6.07) is 14.5. The maximum atomic E-state index is 12.8. The van der Waals surface area contributed by atoms with E-state index in [1.807, 2.05) is 18.2 Å². The van der Waals surface area contributed by atoms with Crippen LogP contribution in [0.15, 0.2) is 59.5 Å². The molecule has 2 N–H and O–H groups in total. The Bertz CT molecular complexity index is 1120. The highest BCUT2D eigenvalue weighted by Crippen LogP contribution is 2.34. The van der Waals surface area contributed by atoms with Crippen LogP contribution >= 0.6 is 0 Å². The Hall–Kier alpha value is -3.26. The van der Waals surface area contributed by atoms with Crippen LogP contribution in [0, 0.1) is 0 Å². The molecule has 0 aromatic heterocycles. The van der Waals surface area contributed by atoms with Crippen molar-refractivity contribution in [3.05, 3.63) is 60.2 Å². The molecule has 3 rings (SSSR count). The first-order valence-electron chi connectivity index (χ1n) is 7.86. The number of methoxy groups -OCH3 is 2. The zero-order valence-electron chi connectivity index (χ0n) is 14.6. The maximum absolute atomic E-state index is 12.8. The first kappa shape index (κ1) is 18.5. The van der Waals surface area contributed by atoms with Gasteiger partial charge in [-0.05, 0) is 22.9 Å². The molecule has 7 nitrogen and oxygen atoms in total. The van der Waals surface area contributed by atoms with Gasteiger partial charge in [-0.1, -0.05) is 30.3 Å². The van der Waals surface area contributed by atoms with Gasteiger partial charge in [0.15, 0.2) is 11.5 Å². The molecule has 3 aromatic carbocycles. The van der Waals surface area contributed by atoms with Crippen LogP contribution < -0.4 is 14.2 Å². The minimum absolute atomic E-state index is 0.0207. The molecule has 140 valence electrons. The van der Waals surface area contributed by atoms with Crippen molar-refractivity contribution in [2.75, 3.05) is 18.9 Å². The maximum Gasteiger partial charge on any atom is 0.337 e. The van der Waals surface area contributed by atoms with Crippen LogP contribution in [-0.2, 0) is 10.0 Å². The Kier molecular flexibility index (Phi) is 4.91. The van der Waals surface area contributed by atoms with Crippen LogP contribution in [0.4, 0.5) is 5.69 Å². The number of ether oxygens (including phenoxy) is 2. The molecule has 0 aliphatic carbocycles. The van der Waals surface area contributed by atoms with Gasteiger partial charge in [0.1, 0.15) is 0 Å². The number of anilines is 1. The lowest BCUT2D eigenvalue weighted by molar-refractivity contribution is 0.0697. The van der Waals surface area contributed by atoms with Crippen LogP contribution in [0.5, 0.6) is 11.5 Å². The van der Waals surface area contributed by atoms with Crippen molar-refractivity contribution in [3.63, 3.8) is 0 Å². The quantitative estimate of drug-likeness (QED) is 0.672. The van der Waals surface area contributed by atoms with Crippen LogP contribution in [-0.4, -0.2) is 33.7 Å². The van der Waals surface area contributed by atoms with E-state index >= 15 is 0 Å². The van der Waals surface area contributed by atoms with Crippen molar-refractivity contribution < 1.29 is 27.8 Å². The van der Waals surface area contributed by atoms with Gasteiger partial charge in [-0.3, -0.25) is 4.72 Å². The van der Waals surface area contributed by atoms with Gasteiger partial charge in [0.2, 0.25) is 0 Å². The van der Waals surface area contributed by atoms with E-state index in [-0.39, 0.29) is 27.6 Å². The number of nitrogens with one attached hydrogen (secondary N) is 1. The number of hydrogen-bond acceptors (Lipinski definition) is 5. The van der Waals surface area contributed by atoms with Crippen molar-refractivity contribution in [1.82, 2.24) is 0 Å². The third-order valence-electron chi connectivity index (χ3n) is 4.03. The highest BCUT2D eigenvalue weighted by atomic mass is 32.2. The lowest BCUT2D eigenvalue weighted by Gasteiger charge is -2.15. The zero-order chi connectivity index (χ0) is 19.6. The van der Waals surface area contributed by atoms with Gasteiger partial charge in [0.05, 0.1) is 30.4 Å². The largest absolute Gasteiger partial charge is 0.493 e. The summed E-state index contributed by atoms with van der Waals surface area (Å²) in [6.45, 7) is 0. The second kappa shape index (κ2) is 7.16. The van der Waals surface area contributed by atoms with Crippen LogP contribution in [0.3, 0.4) is 0 Å². The number of hydrogen-bond donors (Lipinski definition) is 2. The fourth-order valence-electron chi connectivity index (χ4n) is 2.68. The number of aromatic carboxylic acids is 1. The minimum atomic E-state index is -4.02. The third kappa shape index (κ3) is 3.65. The lowest BCUT2D eigenvalue weighted by atomic mass is 10.1. The summed E-state index contributed by atoms with van der Waals surface area (Å²) in [5.41, 5.74) is -0.370. The fraction of sp³-hybridized carbons (Fsp3) is 0.105. The Balaban J connectivity index is 2.07. The van der Waals surface area contributed by atoms with Crippen LogP contribution in [0.25, 0.3) is 10.8 Å². The second-order valence-corrected chi connectivity index (χ2v) is 7.35. The lowest BCUT2D eigenvalue weighted by Crippen LogP contribution is -2.16. The Morgan fingerprint density at radius 3 is 2.19 bits per heavy atom. The van der Waals surface area contributed by atoms with Gasteiger partial charge in [-0.25, -0.2) is 13.2 Å². The van der Waals surface area contributed by atoms with Crippen LogP contribution in [0.2, 0.25) is 0 Å². The summed E-state index contributed by atoms with van der Waals surface area (Å²) < 4.78 is 38.1. The predicted octanol–water partition coefficient (Wildman–Crippen LogP) is 3.36. The number of rotatable bonds is 6. The topological polar surface area (TPSA) is 102 Å². The molecule has 0 atom stereocenters. The molecule has 0 amide bonds. The first-order valence-corrected chi connectivity index (χ1v) is 9.35. The number of sulfonamides is 1. The van der Waals surface area contributed by atoms with Crippen molar-refractivity contribution >= 4 is 32.5 Å². The Labute approximate surface area is 156 Å². The SMILES string of the molecule is COc1cc(NS(=O)(=O)c2ccc3ccccc3c2)c(C(=O)O)cc1OC. The molecule has 0 fully saturated rings. The number of benzene rings is 3. The summed E-state index contributed by atoms with van der Waals surface area (Å²) in [7, 11) is -1.28. The van der Waals surface area contributed by atoms with Crippen molar-refractivity contribution in [3.8, 4) is 11.5 Å². The van der Waals surface area contributed by atoms with E-state index in [4.69, 9.17) is 9.47 Å². The van der Waals surface area contributed by atoms with Crippen molar-refractivity contribution in [2.45, 2.75) is 4.90 Å². The normalized spacial score (nSPS) is 11.2. The Morgan fingerprint density at radius 1 is 0.926 bits per heavy atom.